The quantitative estimate of drug-likeness (QED) is 0.800. The zero-order valence-corrected chi connectivity index (χ0v) is 12.5. The normalized spacial score (nSPS) is 32.5. The first-order valence-corrected chi connectivity index (χ1v) is 8.17. The Balaban J connectivity index is 1.57. The second-order valence-electron chi connectivity index (χ2n) is 6.33. The molecule has 1 aliphatic heterocycles. The fourth-order valence-electron chi connectivity index (χ4n) is 3.83. The van der Waals surface area contributed by atoms with Gasteiger partial charge in [-0.3, -0.25) is 4.79 Å². The Morgan fingerprint density at radius 3 is 3.05 bits per heavy atom. The van der Waals surface area contributed by atoms with Gasteiger partial charge in [0.2, 0.25) is 5.13 Å². The summed E-state index contributed by atoms with van der Waals surface area (Å²) in [5.74, 6) is 1.99. The second kappa shape index (κ2) is 4.41. The Bertz CT molecular complexity index is 542. The van der Waals surface area contributed by atoms with E-state index in [9.17, 15) is 4.79 Å². The molecule has 6 heteroatoms. The van der Waals surface area contributed by atoms with E-state index in [-0.39, 0.29) is 11.4 Å². The molecule has 2 heterocycles. The van der Waals surface area contributed by atoms with Crippen molar-refractivity contribution in [1.29, 1.82) is 0 Å². The SMILES string of the molecule is COC(=O)C12CCCC1CN(c1nc(C3CC3)ns1)C2. The molecular formula is C14H19N3O2S. The lowest BCUT2D eigenvalue weighted by atomic mass is 9.81. The lowest BCUT2D eigenvalue weighted by Crippen LogP contribution is -2.36. The molecule has 5 nitrogen and oxygen atoms in total. The number of methoxy groups -OCH3 is 1. The Morgan fingerprint density at radius 2 is 2.30 bits per heavy atom. The molecule has 0 amide bonds. The maximum atomic E-state index is 12.2. The number of ether oxygens (including phenoxy) is 1. The maximum absolute atomic E-state index is 12.2. The highest BCUT2D eigenvalue weighted by Gasteiger charge is 2.56. The molecule has 108 valence electrons. The maximum Gasteiger partial charge on any atom is 0.313 e. The number of esters is 1. The Labute approximate surface area is 122 Å². The van der Waals surface area contributed by atoms with E-state index >= 15 is 0 Å². The lowest BCUT2D eigenvalue weighted by molar-refractivity contribution is -0.152. The molecule has 2 unspecified atom stereocenters. The number of nitrogens with zero attached hydrogens (tertiary/aromatic N) is 3. The molecule has 2 saturated carbocycles. The predicted molar refractivity (Wildman–Crippen MR) is 75.9 cm³/mol. The van der Waals surface area contributed by atoms with Gasteiger partial charge >= 0.3 is 5.97 Å². The van der Waals surface area contributed by atoms with Gasteiger partial charge in [-0.2, -0.15) is 4.37 Å². The topological polar surface area (TPSA) is 55.3 Å². The van der Waals surface area contributed by atoms with Crippen molar-refractivity contribution in [2.45, 2.75) is 38.0 Å². The fourth-order valence-corrected chi connectivity index (χ4v) is 4.59. The van der Waals surface area contributed by atoms with Crippen LogP contribution >= 0.6 is 11.5 Å². The molecule has 1 aromatic heterocycles. The molecule has 0 radical (unpaired) electrons. The van der Waals surface area contributed by atoms with Crippen LogP contribution < -0.4 is 4.90 Å². The summed E-state index contributed by atoms with van der Waals surface area (Å²) in [4.78, 5) is 19.2. The summed E-state index contributed by atoms with van der Waals surface area (Å²) in [6.07, 6.45) is 5.67. The van der Waals surface area contributed by atoms with Crippen LogP contribution in [0, 0.1) is 11.3 Å². The van der Waals surface area contributed by atoms with Gasteiger partial charge in [0.1, 0.15) is 5.82 Å². The molecule has 4 rings (SSSR count). The zero-order chi connectivity index (χ0) is 13.7. The minimum absolute atomic E-state index is 0.0329. The van der Waals surface area contributed by atoms with Crippen LogP contribution in [0.5, 0.6) is 0 Å². The van der Waals surface area contributed by atoms with Crippen molar-refractivity contribution in [1.82, 2.24) is 9.36 Å². The molecule has 1 saturated heterocycles. The highest BCUT2D eigenvalue weighted by Crippen LogP contribution is 2.51. The summed E-state index contributed by atoms with van der Waals surface area (Å²) in [6, 6.07) is 0. The van der Waals surface area contributed by atoms with Gasteiger partial charge in [0.15, 0.2) is 0 Å². The molecule has 2 aliphatic carbocycles. The van der Waals surface area contributed by atoms with Gasteiger partial charge in [-0.15, -0.1) is 0 Å². The Morgan fingerprint density at radius 1 is 1.45 bits per heavy atom. The van der Waals surface area contributed by atoms with E-state index in [1.165, 1.54) is 31.5 Å². The molecule has 2 atom stereocenters. The van der Waals surface area contributed by atoms with Crippen molar-refractivity contribution in [3.8, 4) is 0 Å². The summed E-state index contributed by atoms with van der Waals surface area (Å²) in [5, 5.41) is 0.990. The number of aromatic nitrogens is 2. The van der Waals surface area contributed by atoms with Gasteiger partial charge in [0.25, 0.3) is 0 Å². The number of anilines is 1. The number of fused-ring (bicyclic) bond motifs is 1. The summed E-state index contributed by atoms with van der Waals surface area (Å²) < 4.78 is 9.56. The van der Waals surface area contributed by atoms with E-state index in [0.29, 0.717) is 11.8 Å². The molecule has 3 fully saturated rings. The highest BCUT2D eigenvalue weighted by molar-refractivity contribution is 7.09. The standard InChI is InChI=1S/C14H19N3O2S/c1-19-12(18)14-6-2-3-10(14)7-17(8-14)13-15-11(16-20-13)9-4-5-9/h9-10H,2-8H2,1H3. The van der Waals surface area contributed by atoms with Crippen LogP contribution in [0.25, 0.3) is 0 Å². The highest BCUT2D eigenvalue weighted by atomic mass is 32.1. The molecule has 20 heavy (non-hydrogen) atoms. The third-order valence-corrected chi connectivity index (χ3v) is 5.90. The summed E-state index contributed by atoms with van der Waals surface area (Å²) in [6.45, 7) is 1.68. The Kier molecular flexibility index (Phi) is 2.77. The average Bonchev–Trinajstić information content (AvgIpc) is 2.89. The second-order valence-corrected chi connectivity index (χ2v) is 7.06. The minimum Gasteiger partial charge on any atom is -0.469 e. The van der Waals surface area contributed by atoms with Gasteiger partial charge in [-0.25, -0.2) is 4.98 Å². The molecule has 0 spiro atoms. The van der Waals surface area contributed by atoms with Crippen LogP contribution in [0.3, 0.4) is 0 Å². The van der Waals surface area contributed by atoms with E-state index in [0.717, 1.165) is 43.3 Å². The van der Waals surface area contributed by atoms with E-state index in [1.807, 2.05) is 0 Å². The summed E-state index contributed by atoms with van der Waals surface area (Å²) in [7, 11) is 1.51. The fraction of sp³-hybridized carbons (Fsp3) is 0.786. The molecule has 0 aromatic carbocycles. The van der Waals surface area contributed by atoms with Gasteiger partial charge in [0.05, 0.1) is 12.5 Å². The summed E-state index contributed by atoms with van der Waals surface area (Å²) >= 11 is 1.48. The molecule has 1 aromatic rings. The van der Waals surface area contributed by atoms with Crippen molar-refractivity contribution >= 4 is 22.6 Å². The first kappa shape index (κ1) is 12.6. The predicted octanol–water partition coefficient (Wildman–Crippen LogP) is 2.20. The van der Waals surface area contributed by atoms with Gasteiger partial charge in [-0.05, 0) is 31.6 Å². The van der Waals surface area contributed by atoms with E-state index in [1.54, 1.807) is 0 Å². The van der Waals surface area contributed by atoms with E-state index in [2.05, 4.69) is 14.3 Å². The lowest BCUT2D eigenvalue weighted by Gasteiger charge is -2.25. The van der Waals surface area contributed by atoms with Crippen molar-refractivity contribution in [2.75, 3.05) is 25.1 Å². The smallest absolute Gasteiger partial charge is 0.313 e. The van der Waals surface area contributed by atoms with Crippen LogP contribution in [-0.2, 0) is 9.53 Å². The van der Waals surface area contributed by atoms with Gasteiger partial charge in [0, 0.05) is 30.5 Å². The molecule has 0 N–H and O–H groups in total. The number of rotatable bonds is 3. The van der Waals surface area contributed by atoms with Crippen LogP contribution in [0.2, 0.25) is 0 Å². The number of carbonyl (C=O) groups is 1. The molecular weight excluding hydrogens is 274 g/mol. The molecule has 0 bridgehead atoms. The third-order valence-electron chi connectivity index (χ3n) is 5.11. The largest absolute Gasteiger partial charge is 0.469 e. The first-order valence-electron chi connectivity index (χ1n) is 7.40. The van der Waals surface area contributed by atoms with Crippen molar-refractivity contribution in [2.24, 2.45) is 11.3 Å². The van der Waals surface area contributed by atoms with Crippen molar-refractivity contribution < 1.29 is 9.53 Å². The van der Waals surface area contributed by atoms with Crippen molar-refractivity contribution in [3.63, 3.8) is 0 Å². The summed E-state index contributed by atoms with van der Waals surface area (Å²) in [5.41, 5.74) is -0.292. The zero-order valence-electron chi connectivity index (χ0n) is 11.7. The van der Waals surface area contributed by atoms with E-state index < -0.39 is 0 Å². The average molecular weight is 293 g/mol. The van der Waals surface area contributed by atoms with Gasteiger partial charge < -0.3 is 9.64 Å². The Hall–Kier alpha value is -1.17. The third kappa shape index (κ3) is 1.77. The monoisotopic (exact) mass is 293 g/mol. The van der Waals surface area contributed by atoms with Crippen LogP contribution in [0.15, 0.2) is 0 Å². The first-order chi connectivity index (χ1) is 9.73. The van der Waals surface area contributed by atoms with Crippen LogP contribution in [0.1, 0.15) is 43.8 Å². The minimum atomic E-state index is -0.292. The van der Waals surface area contributed by atoms with E-state index in [4.69, 9.17) is 4.74 Å². The number of hydrogen-bond acceptors (Lipinski definition) is 6. The number of hydrogen-bond donors (Lipinski definition) is 0. The number of carbonyl (C=O) groups excluding carboxylic acids is 1. The van der Waals surface area contributed by atoms with Crippen molar-refractivity contribution in [3.05, 3.63) is 5.82 Å². The van der Waals surface area contributed by atoms with Crippen LogP contribution in [-0.4, -0.2) is 35.5 Å². The van der Waals surface area contributed by atoms with Crippen LogP contribution in [0.4, 0.5) is 5.13 Å². The molecule has 3 aliphatic rings. The van der Waals surface area contributed by atoms with Gasteiger partial charge in [-0.1, -0.05) is 6.42 Å².